The molecule has 2 aromatic heterocycles. The summed E-state index contributed by atoms with van der Waals surface area (Å²) < 4.78 is 42.7. The quantitative estimate of drug-likeness (QED) is 0.702. The van der Waals surface area contributed by atoms with Gasteiger partial charge in [0.15, 0.2) is 5.96 Å². The highest BCUT2D eigenvalue weighted by Gasteiger charge is 2.52. The molecule has 3 N–H and O–H groups in total. The summed E-state index contributed by atoms with van der Waals surface area (Å²) in [4.78, 5) is 22.6. The van der Waals surface area contributed by atoms with Gasteiger partial charge in [-0.1, -0.05) is 0 Å². The van der Waals surface area contributed by atoms with E-state index >= 15 is 4.39 Å². The summed E-state index contributed by atoms with van der Waals surface area (Å²) in [7, 11) is 1.37. The van der Waals surface area contributed by atoms with Crippen LogP contribution in [0.15, 0.2) is 47.7 Å². The molecule has 0 spiro atoms. The van der Waals surface area contributed by atoms with Crippen LogP contribution in [0.1, 0.15) is 16.8 Å². The Morgan fingerprint density at radius 2 is 2.00 bits per heavy atom. The molecule has 7 nitrogen and oxygen atoms in total. The van der Waals surface area contributed by atoms with Crippen LogP contribution in [0.2, 0.25) is 0 Å². The third kappa shape index (κ3) is 2.75. The van der Waals surface area contributed by atoms with Crippen molar-refractivity contribution in [2.75, 3.05) is 7.05 Å². The lowest BCUT2D eigenvalue weighted by atomic mass is 9.84. The van der Waals surface area contributed by atoms with E-state index in [1.54, 1.807) is 0 Å². The Hall–Kier alpha value is -3.69. The summed E-state index contributed by atoms with van der Waals surface area (Å²) in [6, 6.07) is 6.03. The van der Waals surface area contributed by atoms with Crippen LogP contribution < -0.4 is 5.73 Å². The molecule has 1 aromatic carbocycles. The molecule has 1 aliphatic rings. The van der Waals surface area contributed by atoms with Gasteiger partial charge < -0.3 is 5.73 Å². The fourth-order valence-corrected chi connectivity index (χ4v) is 3.31. The van der Waals surface area contributed by atoms with E-state index < -0.39 is 29.8 Å². The normalized spacial score (nSPS) is 19.0. The number of guanidine groups is 1. The van der Waals surface area contributed by atoms with Gasteiger partial charge in [-0.25, -0.2) is 18.2 Å². The first-order chi connectivity index (χ1) is 13.9. The van der Waals surface area contributed by atoms with E-state index in [1.165, 1.54) is 37.6 Å². The van der Waals surface area contributed by atoms with E-state index in [1.807, 2.05) is 0 Å². The molecule has 3 aromatic rings. The van der Waals surface area contributed by atoms with Crippen molar-refractivity contribution in [1.82, 2.24) is 20.1 Å². The zero-order valence-electron chi connectivity index (χ0n) is 15.2. The molecule has 10 heteroatoms. The lowest BCUT2D eigenvalue weighted by molar-refractivity contribution is -0.129. The molecule has 0 bridgehead atoms. The van der Waals surface area contributed by atoms with E-state index in [-0.39, 0.29) is 34.0 Å². The van der Waals surface area contributed by atoms with Gasteiger partial charge in [-0.3, -0.25) is 19.8 Å². The number of nitrogens with two attached hydrogens (primary N) is 1. The minimum Gasteiger partial charge on any atom is -0.369 e. The summed E-state index contributed by atoms with van der Waals surface area (Å²) in [6.45, 7) is -0.820. The second-order valence-electron chi connectivity index (χ2n) is 6.50. The van der Waals surface area contributed by atoms with Crippen molar-refractivity contribution in [1.29, 1.82) is 0 Å². The summed E-state index contributed by atoms with van der Waals surface area (Å²) in [5.74, 6) is -2.76. The van der Waals surface area contributed by atoms with Crippen LogP contribution in [0.4, 0.5) is 13.2 Å². The average Bonchev–Trinajstić information content (AvgIpc) is 3.32. The fourth-order valence-electron chi connectivity index (χ4n) is 3.31. The molecule has 1 aliphatic heterocycles. The number of nitrogens with zero attached hydrogens (tertiary/aromatic N) is 4. The van der Waals surface area contributed by atoms with Gasteiger partial charge in [0.2, 0.25) is 5.54 Å². The number of aromatic amines is 1. The lowest BCUT2D eigenvalue weighted by Crippen LogP contribution is -2.42. The standard InChI is InChI=1S/C19H15F3N6O/c1-28-17(29)19(26-18(28)23,16-6-10(9-20)2-4-24-16)12-7-11(13(21)8-14(12)22)15-3-5-25-27-15/h2-8H,9H2,1H3,(H2,23,26)(H,25,27)/t19-/m1/s1. The number of carbonyl (C=O) groups excluding carboxylic acids is 1. The zero-order valence-corrected chi connectivity index (χ0v) is 15.2. The second-order valence-corrected chi connectivity index (χ2v) is 6.50. The zero-order chi connectivity index (χ0) is 20.8. The Bertz CT molecular complexity index is 1130. The second kappa shape index (κ2) is 6.73. The molecule has 29 heavy (non-hydrogen) atoms. The highest BCUT2D eigenvalue weighted by Crippen LogP contribution is 2.41. The molecule has 0 radical (unpaired) electrons. The van der Waals surface area contributed by atoms with Gasteiger partial charge >= 0.3 is 0 Å². The number of likely N-dealkylation sites (N-methyl/N-ethyl adjacent to an activating group) is 1. The van der Waals surface area contributed by atoms with Gasteiger partial charge in [0, 0.05) is 36.6 Å². The van der Waals surface area contributed by atoms with Crippen molar-refractivity contribution in [2.24, 2.45) is 10.7 Å². The Morgan fingerprint density at radius 1 is 1.21 bits per heavy atom. The van der Waals surface area contributed by atoms with Crippen molar-refractivity contribution < 1.29 is 18.0 Å². The third-order valence-electron chi connectivity index (χ3n) is 4.81. The minimum atomic E-state index is -2.02. The van der Waals surface area contributed by atoms with Gasteiger partial charge in [-0.2, -0.15) is 5.10 Å². The number of halogens is 3. The number of H-pyrrole nitrogens is 1. The number of rotatable bonds is 4. The summed E-state index contributed by atoms with van der Waals surface area (Å²) >= 11 is 0. The van der Waals surface area contributed by atoms with Crippen molar-refractivity contribution in [2.45, 2.75) is 12.2 Å². The molecule has 0 unspecified atom stereocenters. The van der Waals surface area contributed by atoms with E-state index in [4.69, 9.17) is 5.73 Å². The molecule has 0 saturated heterocycles. The smallest absolute Gasteiger partial charge is 0.268 e. The first-order valence-electron chi connectivity index (χ1n) is 8.53. The number of hydrogen-bond donors (Lipinski definition) is 2. The maximum atomic E-state index is 15.0. The third-order valence-corrected chi connectivity index (χ3v) is 4.81. The number of pyridine rings is 1. The van der Waals surface area contributed by atoms with Crippen LogP contribution in [0, 0.1) is 11.6 Å². The topological polar surface area (TPSA) is 100 Å². The Labute approximate surface area is 163 Å². The number of amides is 1. The first kappa shape index (κ1) is 18.7. The van der Waals surface area contributed by atoms with Crippen molar-refractivity contribution in [3.05, 3.63) is 71.2 Å². The number of alkyl halides is 1. The Morgan fingerprint density at radius 3 is 2.62 bits per heavy atom. The van der Waals surface area contributed by atoms with Gasteiger partial charge in [0.1, 0.15) is 18.3 Å². The molecule has 4 rings (SSSR count). The van der Waals surface area contributed by atoms with Crippen molar-refractivity contribution >= 4 is 11.9 Å². The van der Waals surface area contributed by atoms with Gasteiger partial charge in [0.25, 0.3) is 5.91 Å². The number of aliphatic imine (C=N–C) groups is 1. The molecular weight excluding hydrogens is 385 g/mol. The fraction of sp³-hybridized carbons (Fsp3) is 0.158. The maximum Gasteiger partial charge on any atom is 0.268 e. The van der Waals surface area contributed by atoms with Crippen molar-refractivity contribution in [3.8, 4) is 11.3 Å². The summed E-state index contributed by atoms with van der Waals surface area (Å²) in [5.41, 5.74) is 3.92. The van der Waals surface area contributed by atoms with Crippen LogP contribution in [0.3, 0.4) is 0 Å². The average molecular weight is 400 g/mol. The molecular formula is C19H15F3N6O. The molecule has 148 valence electrons. The maximum absolute atomic E-state index is 15.0. The van der Waals surface area contributed by atoms with E-state index in [0.29, 0.717) is 6.07 Å². The van der Waals surface area contributed by atoms with Gasteiger partial charge in [-0.05, 0) is 29.8 Å². The van der Waals surface area contributed by atoms with Crippen LogP contribution in [-0.2, 0) is 17.0 Å². The van der Waals surface area contributed by atoms with Gasteiger partial charge in [-0.15, -0.1) is 0 Å². The van der Waals surface area contributed by atoms with Crippen molar-refractivity contribution in [3.63, 3.8) is 0 Å². The molecule has 3 heterocycles. The highest BCUT2D eigenvalue weighted by atomic mass is 19.1. The van der Waals surface area contributed by atoms with Crippen LogP contribution in [-0.4, -0.2) is 39.0 Å². The predicted molar refractivity (Wildman–Crippen MR) is 98.2 cm³/mol. The van der Waals surface area contributed by atoms with Crippen LogP contribution in [0.25, 0.3) is 11.3 Å². The van der Waals surface area contributed by atoms with Gasteiger partial charge in [0.05, 0.1) is 11.4 Å². The Kier molecular flexibility index (Phi) is 4.33. The summed E-state index contributed by atoms with van der Waals surface area (Å²) in [5, 5.41) is 6.46. The molecule has 1 atom stereocenters. The largest absolute Gasteiger partial charge is 0.369 e. The van der Waals surface area contributed by atoms with Crippen LogP contribution >= 0.6 is 0 Å². The molecule has 0 aliphatic carbocycles. The number of carbonyl (C=O) groups is 1. The predicted octanol–water partition coefficient (Wildman–Crippen LogP) is 2.25. The minimum absolute atomic E-state index is 0.0246. The molecule has 0 saturated carbocycles. The first-order valence-corrected chi connectivity index (χ1v) is 8.53. The van der Waals surface area contributed by atoms with E-state index in [9.17, 15) is 13.6 Å². The SMILES string of the molecule is CN1C(=O)[C@](c2cc(CF)ccn2)(c2cc(-c3cc[nH]n3)c(F)cc2F)N=C1N. The lowest BCUT2D eigenvalue weighted by Gasteiger charge is -2.26. The molecule has 1 amide bonds. The van der Waals surface area contributed by atoms with E-state index in [0.717, 1.165) is 11.0 Å². The number of hydrogen-bond acceptors (Lipinski definition) is 5. The number of nitrogens with one attached hydrogen (secondary N) is 1. The number of benzene rings is 1. The van der Waals surface area contributed by atoms with E-state index in [2.05, 4.69) is 20.2 Å². The molecule has 0 fully saturated rings. The number of aromatic nitrogens is 3. The Balaban J connectivity index is 2.04. The highest BCUT2D eigenvalue weighted by molar-refractivity contribution is 6.08. The summed E-state index contributed by atoms with van der Waals surface area (Å²) in [6.07, 6.45) is 2.77. The van der Waals surface area contributed by atoms with Crippen LogP contribution in [0.5, 0.6) is 0 Å². The monoisotopic (exact) mass is 400 g/mol.